The van der Waals surface area contributed by atoms with Crippen molar-refractivity contribution in [3.63, 3.8) is 0 Å². The van der Waals surface area contributed by atoms with Crippen LogP contribution in [-0.2, 0) is 28.4 Å². The quantitative estimate of drug-likeness (QED) is 0.632. The zero-order valence-electron chi connectivity index (χ0n) is 18.5. The highest BCUT2D eigenvalue weighted by Gasteiger charge is 2.65. The normalized spacial score (nSPS) is 35.5. The average molecular weight is 455 g/mol. The van der Waals surface area contributed by atoms with Gasteiger partial charge in [0.2, 0.25) is 6.29 Å². The van der Waals surface area contributed by atoms with Crippen LogP contribution >= 0.6 is 0 Å². The number of methoxy groups -OCH3 is 2. The van der Waals surface area contributed by atoms with Crippen LogP contribution in [0.5, 0.6) is 0 Å². The van der Waals surface area contributed by atoms with E-state index < -0.39 is 54.7 Å². The predicted molar refractivity (Wildman–Crippen MR) is 113 cm³/mol. The van der Waals surface area contributed by atoms with Crippen molar-refractivity contribution in [2.45, 2.75) is 49.4 Å². The molecule has 7 atom stereocenters. The molecule has 0 aromatic heterocycles. The van der Waals surface area contributed by atoms with Gasteiger partial charge in [-0.1, -0.05) is 60.7 Å². The molecule has 2 aromatic carbocycles. The highest BCUT2D eigenvalue weighted by molar-refractivity contribution is 5.73. The minimum Gasteiger partial charge on any atom is -0.439 e. The summed E-state index contributed by atoms with van der Waals surface area (Å²) in [5, 5.41) is 0. The molecule has 9 nitrogen and oxygen atoms in total. The van der Waals surface area contributed by atoms with Gasteiger partial charge in [-0.25, -0.2) is 9.59 Å². The molecular weight excluding hydrogens is 430 g/mol. The van der Waals surface area contributed by atoms with E-state index in [0.29, 0.717) is 0 Å². The fourth-order valence-electron chi connectivity index (χ4n) is 4.93. The Labute approximate surface area is 191 Å². The summed E-state index contributed by atoms with van der Waals surface area (Å²) in [7, 11) is 2.90. The van der Waals surface area contributed by atoms with Crippen molar-refractivity contribution >= 4 is 12.2 Å². The van der Waals surface area contributed by atoms with Crippen LogP contribution in [-0.4, -0.2) is 61.7 Å². The number of amides is 1. The Kier molecular flexibility index (Phi) is 5.48. The third-order valence-electron chi connectivity index (χ3n) is 6.49. The minimum absolute atomic E-state index is 0.539. The number of rotatable bonds is 5. The van der Waals surface area contributed by atoms with Crippen LogP contribution in [0.2, 0.25) is 0 Å². The number of cyclic esters (lactones) is 1. The summed E-state index contributed by atoms with van der Waals surface area (Å²) < 4.78 is 34.0. The maximum atomic E-state index is 13.4. The van der Waals surface area contributed by atoms with Crippen LogP contribution < -0.4 is 0 Å². The summed E-state index contributed by atoms with van der Waals surface area (Å²) in [6, 6.07) is 17.6. The molecule has 174 valence electrons. The fourth-order valence-corrected chi connectivity index (χ4v) is 4.93. The standard InChI is InChI=1S/C24H25NO8/c1-24(29-3)20(18-19(21(28-2)33-24)32-23(27)31-18)25-16(14-10-6-4-7-11-14)17(30-22(25)26)15-12-8-5-9-13-15/h4-13,16-21H,1-3H3/t16-,17+,18+,19-,20-,21-,24-/m1/s1. The molecule has 1 amide bonds. The molecule has 3 heterocycles. The second-order valence-electron chi connectivity index (χ2n) is 8.28. The van der Waals surface area contributed by atoms with Crippen LogP contribution in [0.25, 0.3) is 0 Å². The van der Waals surface area contributed by atoms with Gasteiger partial charge in [0.05, 0.1) is 0 Å². The Morgan fingerprint density at radius 3 is 2.06 bits per heavy atom. The summed E-state index contributed by atoms with van der Waals surface area (Å²) in [5.74, 6) is -1.38. The van der Waals surface area contributed by atoms with Gasteiger partial charge >= 0.3 is 12.2 Å². The molecule has 0 bridgehead atoms. The molecule has 3 saturated heterocycles. The van der Waals surface area contributed by atoms with Crippen LogP contribution in [0.15, 0.2) is 60.7 Å². The number of hydrogen-bond acceptors (Lipinski definition) is 8. The third-order valence-corrected chi connectivity index (χ3v) is 6.49. The maximum Gasteiger partial charge on any atom is 0.509 e. The van der Waals surface area contributed by atoms with Gasteiger partial charge in [0, 0.05) is 14.2 Å². The van der Waals surface area contributed by atoms with Crippen LogP contribution in [0.4, 0.5) is 9.59 Å². The van der Waals surface area contributed by atoms with Crippen molar-refractivity contribution in [1.82, 2.24) is 4.90 Å². The molecule has 0 unspecified atom stereocenters. The molecule has 2 aromatic rings. The van der Waals surface area contributed by atoms with Crippen molar-refractivity contribution in [1.29, 1.82) is 0 Å². The van der Waals surface area contributed by atoms with E-state index in [1.807, 2.05) is 60.7 Å². The van der Waals surface area contributed by atoms with E-state index in [4.69, 9.17) is 28.4 Å². The van der Waals surface area contributed by atoms with Gasteiger partial charge in [-0.15, -0.1) is 0 Å². The second-order valence-corrected chi connectivity index (χ2v) is 8.28. The van der Waals surface area contributed by atoms with E-state index in [-0.39, 0.29) is 0 Å². The molecule has 0 radical (unpaired) electrons. The molecule has 3 fully saturated rings. The Morgan fingerprint density at radius 1 is 0.848 bits per heavy atom. The number of ether oxygens (including phenoxy) is 6. The maximum absolute atomic E-state index is 13.4. The zero-order chi connectivity index (χ0) is 23.2. The number of fused-ring (bicyclic) bond motifs is 1. The van der Waals surface area contributed by atoms with E-state index >= 15 is 0 Å². The van der Waals surface area contributed by atoms with E-state index in [1.54, 1.807) is 11.8 Å². The lowest BCUT2D eigenvalue weighted by Crippen LogP contribution is -2.69. The van der Waals surface area contributed by atoms with E-state index in [1.165, 1.54) is 14.2 Å². The van der Waals surface area contributed by atoms with Crippen molar-refractivity contribution in [3.05, 3.63) is 71.8 Å². The van der Waals surface area contributed by atoms with E-state index in [0.717, 1.165) is 11.1 Å². The molecule has 0 saturated carbocycles. The highest BCUT2D eigenvalue weighted by Crippen LogP contribution is 2.49. The summed E-state index contributed by atoms with van der Waals surface area (Å²) in [4.78, 5) is 27.1. The molecule has 3 aliphatic heterocycles. The lowest BCUT2D eigenvalue weighted by molar-refractivity contribution is -0.360. The summed E-state index contributed by atoms with van der Waals surface area (Å²) >= 11 is 0. The number of carbonyl (C=O) groups excluding carboxylic acids is 2. The molecular formula is C24H25NO8. The number of carbonyl (C=O) groups is 2. The highest BCUT2D eigenvalue weighted by atomic mass is 16.8. The molecule has 9 heteroatoms. The van der Waals surface area contributed by atoms with Gasteiger partial charge in [0.25, 0.3) is 0 Å². The van der Waals surface area contributed by atoms with Crippen molar-refractivity contribution in [2.75, 3.05) is 14.2 Å². The van der Waals surface area contributed by atoms with Crippen molar-refractivity contribution < 1.29 is 38.0 Å². The Hall–Kier alpha value is -3.14. The Balaban J connectivity index is 1.63. The molecule has 0 aliphatic carbocycles. The average Bonchev–Trinajstić information content (AvgIpc) is 3.39. The molecule has 0 spiro atoms. The lowest BCUT2D eigenvalue weighted by Gasteiger charge is -2.49. The zero-order valence-corrected chi connectivity index (χ0v) is 18.5. The van der Waals surface area contributed by atoms with Crippen LogP contribution in [0, 0.1) is 0 Å². The van der Waals surface area contributed by atoms with Gasteiger partial charge in [0.15, 0.2) is 24.1 Å². The van der Waals surface area contributed by atoms with Gasteiger partial charge in [-0.05, 0) is 18.1 Å². The van der Waals surface area contributed by atoms with E-state index in [9.17, 15) is 9.59 Å². The number of benzene rings is 2. The Morgan fingerprint density at radius 2 is 1.45 bits per heavy atom. The topological polar surface area (TPSA) is 92.8 Å². The SMILES string of the molecule is CO[C@@H]1O[C@@](C)(OC)[C@H](N2C(=O)O[C@@H](c3ccccc3)[C@H]2c2ccccc2)[C@H]2OC(=O)O[C@@H]12. The monoisotopic (exact) mass is 455 g/mol. The van der Waals surface area contributed by atoms with Crippen molar-refractivity contribution in [3.8, 4) is 0 Å². The minimum atomic E-state index is -1.38. The number of nitrogens with zero attached hydrogens (tertiary/aromatic N) is 1. The lowest BCUT2D eigenvalue weighted by atomic mass is 9.88. The number of hydrogen-bond donors (Lipinski definition) is 0. The fraction of sp³-hybridized carbons (Fsp3) is 0.417. The van der Waals surface area contributed by atoms with Crippen LogP contribution in [0.1, 0.15) is 30.2 Å². The Bertz CT molecular complexity index is 1020. The molecule has 5 rings (SSSR count). The van der Waals surface area contributed by atoms with E-state index in [2.05, 4.69) is 0 Å². The van der Waals surface area contributed by atoms with Crippen molar-refractivity contribution in [2.24, 2.45) is 0 Å². The molecule has 0 N–H and O–H groups in total. The smallest absolute Gasteiger partial charge is 0.439 e. The first-order chi connectivity index (χ1) is 16.0. The van der Waals surface area contributed by atoms with Gasteiger partial charge in [-0.2, -0.15) is 0 Å². The molecule has 33 heavy (non-hydrogen) atoms. The van der Waals surface area contributed by atoms with Gasteiger partial charge in [0.1, 0.15) is 12.1 Å². The summed E-state index contributed by atoms with van der Waals surface area (Å²) in [6.45, 7) is 1.68. The molecule has 3 aliphatic rings. The first kappa shape index (κ1) is 21.7. The first-order valence-corrected chi connectivity index (χ1v) is 10.7. The van der Waals surface area contributed by atoms with Gasteiger partial charge in [-0.3, -0.25) is 4.90 Å². The summed E-state index contributed by atoms with van der Waals surface area (Å²) in [6.07, 6.45) is -4.73. The van der Waals surface area contributed by atoms with Gasteiger partial charge < -0.3 is 28.4 Å². The summed E-state index contributed by atoms with van der Waals surface area (Å²) in [5.41, 5.74) is 1.69. The first-order valence-electron chi connectivity index (χ1n) is 10.7. The largest absolute Gasteiger partial charge is 0.509 e. The van der Waals surface area contributed by atoms with Crippen LogP contribution in [0.3, 0.4) is 0 Å². The second kappa shape index (κ2) is 8.33. The predicted octanol–water partition coefficient (Wildman–Crippen LogP) is 3.56. The third kappa shape index (κ3) is 3.52.